The van der Waals surface area contributed by atoms with Crippen LogP contribution in [-0.2, 0) is 18.9 Å². The molecular formula is C15H16O9. The first-order chi connectivity index (χ1) is 11.4. The maximum absolute atomic E-state index is 12.1. The predicted octanol–water partition coefficient (Wildman–Crippen LogP) is 0.842. The minimum atomic E-state index is -1.01. The lowest BCUT2D eigenvalue weighted by Crippen LogP contribution is -2.21. The molecule has 0 saturated heterocycles. The number of carbonyl (C=O) groups excluding carboxylic acids is 4. The van der Waals surface area contributed by atoms with Crippen molar-refractivity contribution < 1.29 is 42.9 Å². The van der Waals surface area contributed by atoms with Crippen LogP contribution in [0.1, 0.15) is 41.4 Å². The Morgan fingerprint density at radius 1 is 0.625 bits per heavy atom. The van der Waals surface area contributed by atoms with Gasteiger partial charge in [-0.2, -0.15) is 0 Å². The van der Waals surface area contributed by atoms with E-state index in [1.54, 1.807) is 0 Å². The molecule has 0 amide bonds. The molecule has 0 radical (unpaired) electrons. The van der Waals surface area contributed by atoms with E-state index in [-0.39, 0.29) is 16.9 Å². The van der Waals surface area contributed by atoms with Crippen LogP contribution in [0.4, 0.5) is 0 Å². The van der Waals surface area contributed by atoms with Crippen molar-refractivity contribution in [2.75, 3.05) is 35.5 Å². The van der Waals surface area contributed by atoms with Crippen molar-refractivity contribution >= 4 is 23.9 Å². The van der Waals surface area contributed by atoms with Crippen LogP contribution < -0.4 is 4.74 Å². The zero-order valence-corrected chi connectivity index (χ0v) is 13.8. The molecular weight excluding hydrogens is 324 g/mol. The molecule has 0 fully saturated rings. The smallest absolute Gasteiger partial charge is 0.342 e. The average Bonchev–Trinajstić information content (AvgIpc) is 2.63. The van der Waals surface area contributed by atoms with E-state index in [1.807, 2.05) is 0 Å². The van der Waals surface area contributed by atoms with Crippen molar-refractivity contribution in [1.29, 1.82) is 0 Å². The summed E-state index contributed by atoms with van der Waals surface area (Å²) in [7, 11) is 5.47. The molecule has 1 aromatic rings. The second-order valence-corrected chi connectivity index (χ2v) is 4.22. The molecule has 0 N–H and O–H groups in total. The first kappa shape index (κ1) is 18.9. The molecule has 9 heteroatoms. The van der Waals surface area contributed by atoms with E-state index in [0.717, 1.165) is 34.5 Å². The molecule has 0 aliphatic heterocycles. The van der Waals surface area contributed by atoms with E-state index < -0.39 is 35.0 Å². The van der Waals surface area contributed by atoms with E-state index in [9.17, 15) is 19.2 Å². The molecule has 0 atom stereocenters. The van der Waals surface area contributed by atoms with Crippen molar-refractivity contribution in [2.24, 2.45) is 0 Å². The summed E-state index contributed by atoms with van der Waals surface area (Å²) >= 11 is 0. The molecule has 9 nitrogen and oxygen atoms in total. The Kier molecular flexibility index (Phi) is 6.28. The summed E-state index contributed by atoms with van der Waals surface area (Å²) in [5.74, 6) is -4.16. The summed E-state index contributed by atoms with van der Waals surface area (Å²) in [5, 5.41) is 0. The number of benzene rings is 1. The normalized spacial score (nSPS) is 9.71. The second kappa shape index (κ2) is 7.95. The van der Waals surface area contributed by atoms with Gasteiger partial charge in [-0.05, 0) is 6.07 Å². The zero-order valence-electron chi connectivity index (χ0n) is 13.8. The van der Waals surface area contributed by atoms with Gasteiger partial charge < -0.3 is 23.7 Å². The van der Waals surface area contributed by atoms with Gasteiger partial charge in [-0.25, -0.2) is 19.2 Å². The van der Waals surface area contributed by atoms with Crippen LogP contribution in [0.2, 0.25) is 0 Å². The van der Waals surface area contributed by atoms with Gasteiger partial charge in [0.15, 0.2) is 0 Å². The van der Waals surface area contributed by atoms with Crippen LogP contribution >= 0.6 is 0 Å². The summed E-state index contributed by atoms with van der Waals surface area (Å²) < 4.78 is 23.5. The van der Waals surface area contributed by atoms with Crippen molar-refractivity contribution in [3.63, 3.8) is 0 Å². The number of carbonyl (C=O) groups is 4. The Labute approximate surface area is 137 Å². The fourth-order valence-electron chi connectivity index (χ4n) is 2.02. The summed E-state index contributed by atoms with van der Waals surface area (Å²) in [6, 6.07) is 1.02. The van der Waals surface area contributed by atoms with E-state index in [4.69, 9.17) is 4.74 Å². The van der Waals surface area contributed by atoms with Crippen molar-refractivity contribution in [2.45, 2.75) is 0 Å². The highest BCUT2D eigenvalue weighted by Crippen LogP contribution is 2.32. The molecule has 1 aromatic carbocycles. The van der Waals surface area contributed by atoms with Crippen molar-refractivity contribution in [1.82, 2.24) is 0 Å². The lowest BCUT2D eigenvalue weighted by atomic mass is 9.95. The van der Waals surface area contributed by atoms with Crippen LogP contribution in [0.25, 0.3) is 0 Å². The summed E-state index contributed by atoms with van der Waals surface area (Å²) in [4.78, 5) is 48.2. The van der Waals surface area contributed by atoms with Crippen LogP contribution in [0.3, 0.4) is 0 Å². The van der Waals surface area contributed by atoms with Crippen LogP contribution in [-0.4, -0.2) is 59.4 Å². The van der Waals surface area contributed by atoms with Gasteiger partial charge in [0.05, 0.1) is 46.7 Å². The molecule has 1 rings (SSSR count). The van der Waals surface area contributed by atoms with Crippen molar-refractivity contribution in [3.05, 3.63) is 28.3 Å². The molecule has 0 heterocycles. The van der Waals surface area contributed by atoms with Crippen LogP contribution in [0.15, 0.2) is 6.07 Å². The minimum absolute atomic E-state index is 0.256. The van der Waals surface area contributed by atoms with Crippen LogP contribution in [0, 0.1) is 0 Å². The van der Waals surface area contributed by atoms with Gasteiger partial charge in [0.1, 0.15) is 16.9 Å². The third-order valence-electron chi connectivity index (χ3n) is 3.07. The Morgan fingerprint density at radius 2 is 1.04 bits per heavy atom. The molecule has 0 saturated carbocycles. The Bertz CT molecular complexity index is 691. The standard InChI is InChI=1S/C15H16O9/c1-20-11-8(13(17)22-3)6-7(12(16)21-2)9(14(18)23-4)10(11)15(19)24-5/h6H,1-5H3. The molecule has 130 valence electrons. The molecule has 0 aromatic heterocycles. The summed E-state index contributed by atoms with van der Waals surface area (Å²) in [6.45, 7) is 0. The quantitative estimate of drug-likeness (QED) is 0.568. The van der Waals surface area contributed by atoms with Gasteiger partial charge in [-0.1, -0.05) is 0 Å². The molecule has 0 aliphatic rings. The Hall–Kier alpha value is -3.10. The number of ether oxygens (including phenoxy) is 5. The number of methoxy groups -OCH3 is 5. The maximum Gasteiger partial charge on any atom is 0.342 e. The van der Waals surface area contributed by atoms with E-state index in [2.05, 4.69) is 18.9 Å². The first-order valence-electron chi connectivity index (χ1n) is 6.46. The van der Waals surface area contributed by atoms with E-state index >= 15 is 0 Å². The largest absolute Gasteiger partial charge is 0.495 e. The Morgan fingerprint density at radius 3 is 1.46 bits per heavy atom. The highest BCUT2D eigenvalue weighted by atomic mass is 16.5. The molecule has 24 heavy (non-hydrogen) atoms. The van der Waals surface area contributed by atoms with Gasteiger partial charge in [-0.15, -0.1) is 0 Å². The summed E-state index contributed by atoms with van der Waals surface area (Å²) in [5.41, 5.74) is -1.52. The predicted molar refractivity (Wildman–Crippen MR) is 78.4 cm³/mol. The number of rotatable bonds is 5. The Balaban J connectivity index is 4.02. The lowest BCUT2D eigenvalue weighted by molar-refractivity contribution is 0.0530. The maximum atomic E-state index is 12.1. The number of hydrogen-bond acceptors (Lipinski definition) is 9. The molecule has 0 spiro atoms. The average molecular weight is 340 g/mol. The van der Waals surface area contributed by atoms with E-state index in [1.165, 1.54) is 7.11 Å². The first-order valence-corrected chi connectivity index (χ1v) is 6.46. The molecule has 0 unspecified atom stereocenters. The topological polar surface area (TPSA) is 114 Å². The fourth-order valence-corrected chi connectivity index (χ4v) is 2.02. The minimum Gasteiger partial charge on any atom is -0.495 e. The third kappa shape index (κ3) is 3.29. The van der Waals surface area contributed by atoms with Gasteiger partial charge in [0, 0.05) is 0 Å². The summed E-state index contributed by atoms with van der Waals surface area (Å²) in [6.07, 6.45) is 0. The molecule has 0 aliphatic carbocycles. The highest BCUT2D eigenvalue weighted by molar-refractivity contribution is 6.14. The second-order valence-electron chi connectivity index (χ2n) is 4.22. The number of hydrogen-bond donors (Lipinski definition) is 0. The number of esters is 4. The van der Waals surface area contributed by atoms with Gasteiger partial charge >= 0.3 is 23.9 Å². The zero-order chi connectivity index (χ0) is 18.4. The SMILES string of the molecule is COC(=O)c1cc(C(=O)OC)c(C(=O)OC)c(C(=O)OC)c1OC. The van der Waals surface area contributed by atoms with Gasteiger partial charge in [0.2, 0.25) is 0 Å². The van der Waals surface area contributed by atoms with Gasteiger partial charge in [-0.3, -0.25) is 0 Å². The third-order valence-corrected chi connectivity index (χ3v) is 3.07. The van der Waals surface area contributed by atoms with Crippen LogP contribution in [0.5, 0.6) is 5.75 Å². The monoisotopic (exact) mass is 340 g/mol. The highest BCUT2D eigenvalue weighted by Gasteiger charge is 2.34. The van der Waals surface area contributed by atoms with E-state index in [0.29, 0.717) is 0 Å². The fraction of sp³-hybridized carbons (Fsp3) is 0.333. The molecule has 0 bridgehead atoms. The van der Waals surface area contributed by atoms with Gasteiger partial charge in [0.25, 0.3) is 0 Å². The lowest BCUT2D eigenvalue weighted by Gasteiger charge is -2.17. The van der Waals surface area contributed by atoms with Crippen molar-refractivity contribution in [3.8, 4) is 5.75 Å².